The van der Waals surface area contributed by atoms with Crippen molar-refractivity contribution in [2.24, 2.45) is 17.3 Å². The molecule has 1 N–H and O–H groups in total. The van der Waals surface area contributed by atoms with Gasteiger partial charge in [-0.15, -0.1) is 0 Å². The van der Waals surface area contributed by atoms with Crippen LogP contribution in [-0.2, 0) is 16.0 Å². The highest BCUT2D eigenvalue weighted by Gasteiger charge is 2.53. The number of likely N-dealkylation sites (tertiary alicyclic amines) is 2. The Bertz CT molecular complexity index is 673. The first-order chi connectivity index (χ1) is 12.6. The Hall–Kier alpha value is -1.88. The molecule has 140 valence electrons. The van der Waals surface area contributed by atoms with E-state index in [4.69, 9.17) is 0 Å². The maximum atomic E-state index is 12.8. The van der Waals surface area contributed by atoms with Crippen LogP contribution in [0.2, 0.25) is 0 Å². The molecule has 5 nitrogen and oxygen atoms in total. The third kappa shape index (κ3) is 3.37. The number of amides is 1. The van der Waals surface area contributed by atoms with Crippen LogP contribution in [0.4, 0.5) is 0 Å². The molecule has 3 aliphatic rings. The fraction of sp³-hybridized carbons (Fsp3) is 0.619. The average molecular weight is 356 g/mol. The predicted octanol–water partition coefficient (Wildman–Crippen LogP) is 2.26. The summed E-state index contributed by atoms with van der Waals surface area (Å²) in [5, 5.41) is 9.18. The molecule has 0 unspecified atom stereocenters. The first-order valence-corrected chi connectivity index (χ1v) is 9.83. The summed E-state index contributed by atoms with van der Waals surface area (Å²) in [6, 6.07) is 10.5. The largest absolute Gasteiger partial charge is 0.480 e. The fourth-order valence-corrected chi connectivity index (χ4v) is 5.08. The zero-order valence-corrected chi connectivity index (χ0v) is 15.3. The van der Waals surface area contributed by atoms with Crippen LogP contribution in [-0.4, -0.2) is 59.5 Å². The Kier molecular flexibility index (Phi) is 4.74. The topological polar surface area (TPSA) is 60.9 Å². The SMILES string of the molecule is O=C(O)CN1C[C@H]2CN(C(=O)C3CCC3)C[C@@]2(CCc2ccccc2)C1. The molecule has 0 radical (unpaired) electrons. The molecule has 5 heteroatoms. The van der Waals surface area contributed by atoms with Crippen LogP contribution in [0.5, 0.6) is 0 Å². The lowest BCUT2D eigenvalue weighted by Crippen LogP contribution is -2.42. The molecule has 3 fully saturated rings. The van der Waals surface area contributed by atoms with Gasteiger partial charge in [0.15, 0.2) is 0 Å². The summed E-state index contributed by atoms with van der Waals surface area (Å²) in [5.74, 6) is 0.227. The number of hydrogen-bond donors (Lipinski definition) is 1. The van der Waals surface area contributed by atoms with E-state index in [2.05, 4.69) is 34.1 Å². The van der Waals surface area contributed by atoms with Crippen molar-refractivity contribution in [3.63, 3.8) is 0 Å². The van der Waals surface area contributed by atoms with Crippen molar-refractivity contribution in [3.05, 3.63) is 35.9 Å². The van der Waals surface area contributed by atoms with Crippen molar-refractivity contribution in [2.75, 3.05) is 32.7 Å². The molecule has 2 saturated heterocycles. The highest BCUT2D eigenvalue weighted by Crippen LogP contribution is 2.46. The lowest BCUT2D eigenvalue weighted by Gasteiger charge is -2.32. The zero-order chi connectivity index (χ0) is 18.1. The van der Waals surface area contributed by atoms with Crippen molar-refractivity contribution in [1.29, 1.82) is 0 Å². The van der Waals surface area contributed by atoms with Gasteiger partial charge in [0.2, 0.25) is 5.91 Å². The number of carboxylic acid groups (broad SMARTS) is 1. The van der Waals surface area contributed by atoms with Gasteiger partial charge in [-0.3, -0.25) is 14.5 Å². The number of carbonyl (C=O) groups excluding carboxylic acids is 1. The maximum Gasteiger partial charge on any atom is 0.317 e. The number of carbonyl (C=O) groups is 2. The van der Waals surface area contributed by atoms with E-state index in [0.29, 0.717) is 11.8 Å². The van der Waals surface area contributed by atoms with Crippen LogP contribution < -0.4 is 0 Å². The standard InChI is InChI=1S/C21H28N2O3/c24-19(25)13-22-11-18-12-23(20(26)17-7-4-8-17)15-21(18,14-22)10-9-16-5-2-1-3-6-16/h1-3,5-6,17-18H,4,7-15H2,(H,24,25)/t18-,21+/m0/s1. The third-order valence-corrected chi connectivity index (χ3v) is 6.71. The number of nitrogens with zero attached hydrogens (tertiary/aromatic N) is 2. The average Bonchev–Trinajstić information content (AvgIpc) is 3.05. The van der Waals surface area contributed by atoms with Crippen molar-refractivity contribution in [3.8, 4) is 0 Å². The van der Waals surface area contributed by atoms with E-state index >= 15 is 0 Å². The highest BCUT2D eigenvalue weighted by atomic mass is 16.4. The third-order valence-electron chi connectivity index (χ3n) is 6.71. The minimum Gasteiger partial charge on any atom is -0.480 e. The van der Waals surface area contributed by atoms with E-state index in [1.165, 1.54) is 12.0 Å². The van der Waals surface area contributed by atoms with Gasteiger partial charge in [0.05, 0.1) is 6.54 Å². The Morgan fingerprint density at radius 3 is 2.54 bits per heavy atom. The Balaban J connectivity index is 1.47. The first-order valence-electron chi connectivity index (χ1n) is 9.83. The van der Waals surface area contributed by atoms with Gasteiger partial charge in [-0.1, -0.05) is 36.8 Å². The van der Waals surface area contributed by atoms with Crippen LogP contribution in [0.3, 0.4) is 0 Å². The summed E-state index contributed by atoms with van der Waals surface area (Å²) in [5.41, 5.74) is 1.37. The number of aryl methyl sites for hydroxylation is 1. The number of benzene rings is 1. The summed E-state index contributed by atoms with van der Waals surface area (Å²) in [4.78, 5) is 28.1. The van der Waals surface area contributed by atoms with Crippen LogP contribution in [0.1, 0.15) is 31.2 Å². The number of rotatable bonds is 6. The van der Waals surface area contributed by atoms with Crippen LogP contribution in [0, 0.1) is 17.3 Å². The van der Waals surface area contributed by atoms with Crippen molar-refractivity contribution >= 4 is 11.9 Å². The van der Waals surface area contributed by atoms with Gasteiger partial charge < -0.3 is 10.0 Å². The molecule has 1 aromatic rings. The van der Waals surface area contributed by atoms with Gasteiger partial charge in [-0.05, 0) is 37.2 Å². The molecule has 26 heavy (non-hydrogen) atoms. The summed E-state index contributed by atoms with van der Waals surface area (Å²) < 4.78 is 0. The predicted molar refractivity (Wildman–Crippen MR) is 98.7 cm³/mol. The van der Waals surface area contributed by atoms with Crippen LogP contribution in [0.25, 0.3) is 0 Å². The molecule has 0 spiro atoms. The normalized spacial score (nSPS) is 28.8. The Morgan fingerprint density at radius 2 is 1.88 bits per heavy atom. The van der Waals surface area contributed by atoms with E-state index in [9.17, 15) is 14.7 Å². The van der Waals surface area contributed by atoms with Gasteiger partial charge >= 0.3 is 5.97 Å². The molecule has 0 bridgehead atoms. The number of hydrogen-bond acceptors (Lipinski definition) is 3. The molecule has 1 aromatic carbocycles. The monoisotopic (exact) mass is 356 g/mol. The van der Waals surface area contributed by atoms with Gasteiger partial charge in [0.1, 0.15) is 0 Å². The summed E-state index contributed by atoms with van der Waals surface area (Å²) in [6.45, 7) is 3.32. The molecule has 2 atom stereocenters. The molecule has 4 rings (SSSR count). The van der Waals surface area contributed by atoms with Crippen molar-refractivity contribution < 1.29 is 14.7 Å². The van der Waals surface area contributed by atoms with Gasteiger partial charge in [0.25, 0.3) is 0 Å². The Labute approximate surface area is 155 Å². The summed E-state index contributed by atoms with van der Waals surface area (Å²) in [7, 11) is 0. The number of fused-ring (bicyclic) bond motifs is 1. The first kappa shape index (κ1) is 17.5. The van der Waals surface area contributed by atoms with E-state index in [0.717, 1.165) is 51.9 Å². The highest BCUT2D eigenvalue weighted by molar-refractivity contribution is 5.80. The second kappa shape index (κ2) is 7.03. The van der Waals surface area contributed by atoms with Crippen LogP contribution in [0.15, 0.2) is 30.3 Å². The second-order valence-electron chi connectivity index (χ2n) is 8.45. The molecule has 0 aromatic heterocycles. The van der Waals surface area contributed by atoms with E-state index in [-0.39, 0.29) is 17.9 Å². The lowest BCUT2D eigenvalue weighted by atomic mass is 9.76. The van der Waals surface area contributed by atoms with Crippen molar-refractivity contribution in [1.82, 2.24) is 9.80 Å². The van der Waals surface area contributed by atoms with Crippen molar-refractivity contribution in [2.45, 2.75) is 32.1 Å². The zero-order valence-electron chi connectivity index (χ0n) is 15.3. The van der Waals surface area contributed by atoms with E-state index in [1.807, 2.05) is 6.07 Å². The minimum absolute atomic E-state index is 0.0463. The molecule has 2 heterocycles. The lowest BCUT2D eigenvalue weighted by molar-refractivity contribution is -0.139. The minimum atomic E-state index is -0.759. The van der Waals surface area contributed by atoms with Gasteiger partial charge in [-0.25, -0.2) is 0 Å². The van der Waals surface area contributed by atoms with E-state index < -0.39 is 5.97 Å². The molecule has 1 saturated carbocycles. The summed E-state index contributed by atoms with van der Waals surface area (Å²) >= 11 is 0. The molecule has 1 amide bonds. The quantitative estimate of drug-likeness (QED) is 0.849. The smallest absolute Gasteiger partial charge is 0.317 e. The van der Waals surface area contributed by atoms with E-state index in [1.54, 1.807) is 0 Å². The number of carboxylic acids is 1. The fourth-order valence-electron chi connectivity index (χ4n) is 5.08. The molecule has 1 aliphatic carbocycles. The summed E-state index contributed by atoms with van der Waals surface area (Å²) in [6.07, 6.45) is 5.28. The second-order valence-corrected chi connectivity index (χ2v) is 8.45. The molecular weight excluding hydrogens is 328 g/mol. The molecular formula is C21H28N2O3. The van der Waals surface area contributed by atoms with Gasteiger partial charge in [0, 0.05) is 37.5 Å². The molecule has 2 aliphatic heterocycles. The number of aliphatic carboxylic acids is 1. The Morgan fingerprint density at radius 1 is 1.12 bits per heavy atom. The van der Waals surface area contributed by atoms with Gasteiger partial charge in [-0.2, -0.15) is 0 Å². The maximum absolute atomic E-state index is 12.8. The van der Waals surface area contributed by atoms with Crippen LogP contribution >= 0.6 is 0 Å².